The zero-order valence-corrected chi connectivity index (χ0v) is 5.50. The highest BCUT2D eigenvalue weighted by molar-refractivity contribution is 7.79. The molecule has 0 radical (unpaired) electrons. The second-order valence-electron chi connectivity index (χ2n) is 0.972. The van der Waals surface area contributed by atoms with E-state index >= 15 is 0 Å². The summed E-state index contributed by atoms with van der Waals surface area (Å²) in [5.41, 5.74) is 4.91. The molecule has 0 atom stereocenters. The molecular weight excluding hydrogens is 158 g/mol. The van der Waals surface area contributed by atoms with Crippen LogP contribution in [-0.2, 0) is 10.4 Å². The molecule has 0 aliphatic rings. The maximum atomic E-state index is 8.74. The highest BCUT2D eigenvalue weighted by Gasteiger charge is 1.84. The minimum absolute atomic E-state index is 0. The van der Waals surface area contributed by atoms with Crippen molar-refractivity contribution in [3.63, 3.8) is 0 Å². The van der Waals surface area contributed by atoms with Crippen LogP contribution in [0.25, 0.3) is 0 Å². The van der Waals surface area contributed by atoms with Crippen LogP contribution in [0, 0.1) is 0 Å². The van der Waals surface area contributed by atoms with Crippen LogP contribution in [0.3, 0.4) is 0 Å². The Morgan fingerprint density at radius 2 is 1.60 bits per heavy atom. The monoisotopic (exact) mass is 171 g/mol. The Balaban J connectivity index is -0.0000000910. The number of nitrogens with two attached hydrogens (primary N) is 1. The van der Waals surface area contributed by atoms with Gasteiger partial charge in [0.1, 0.15) is 0 Å². The predicted octanol–water partition coefficient (Wildman–Crippen LogP) is 0.114. The topological polar surface area (TPSA) is 101 Å². The van der Waals surface area contributed by atoms with E-state index in [2.05, 4.69) is 6.58 Å². The van der Waals surface area contributed by atoms with Gasteiger partial charge in [0.25, 0.3) is 0 Å². The maximum Gasteiger partial charge on any atom is 0.394 e. The molecule has 0 spiro atoms. The van der Waals surface area contributed by atoms with Gasteiger partial charge in [-0.2, -0.15) is 8.42 Å². The summed E-state index contributed by atoms with van der Waals surface area (Å²) in [4.78, 5) is 0. The quantitative estimate of drug-likeness (QED) is 0.384. The van der Waals surface area contributed by atoms with Gasteiger partial charge in [0.05, 0.1) is 0 Å². The highest BCUT2D eigenvalue weighted by atomic mass is 32.3. The van der Waals surface area contributed by atoms with Crippen LogP contribution in [0.1, 0.15) is 7.43 Å². The molecule has 0 fully saturated rings. The van der Waals surface area contributed by atoms with Crippen molar-refractivity contribution in [2.75, 3.05) is 6.54 Å². The van der Waals surface area contributed by atoms with Crippen LogP contribution in [0.2, 0.25) is 0 Å². The van der Waals surface area contributed by atoms with E-state index in [1.165, 1.54) is 0 Å². The third-order valence-corrected chi connectivity index (χ3v) is 0.167. The molecule has 6 heteroatoms. The lowest BCUT2D eigenvalue weighted by molar-refractivity contribution is 0.381. The molecule has 64 valence electrons. The third-order valence-electron chi connectivity index (χ3n) is 0.167. The molecule has 0 saturated heterocycles. The number of hydrogen-bond acceptors (Lipinski definition) is 3. The second kappa shape index (κ2) is 8.57. The minimum atomic E-state index is -4.67. The van der Waals surface area contributed by atoms with E-state index in [0.717, 1.165) is 0 Å². The van der Waals surface area contributed by atoms with Crippen molar-refractivity contribution in [3.8, 4) is 0 Å². The molecule has 0 heterocycles. The summed E-state index contributed by atoms with van der Waals surface area (Å²) in [6, 6.07) is 0. The van der Waals surface area contributed by atoms with Crippen molar-refractivity contribution in [2.24, 2.45) is 5.73 Å². The summed E-state index contributed by atoms with van der Waals surface area (Å²) in [5.74, 6) is 0. The van der Waals surface area contributed by atoms with Gasteiger partial charge in [-0.15, -0.1) is 6.58 Å². The van der Waals surface area contributed by atoms with Crippen LogP contribution in [0.5, 0.6) is 0 Å². The third kappa shape index (κ3) is 1010. The van der Waals surface area contributed by atoms with Crippen LogP contribution in [0.15, 0.2) is 12.7 Å². The molecule has 0 aliphatic heterocycles. The Labute approximate surface area is 61.1 Å². The molecule has 0 amide bonds. The first kappa shape index (κ1) is 16.3. The summed E-state index contributed by atoms with van der Waals surface area (Å²) in [6.45, 7) is 3.94. The molecule has 0 rings (SSSR count). The number of rotatable bonds is 1. The van der Waals surface area contributed by atoms with Crippen molar-refractivity contribution in [1.82, 2.24) is 0 Å². The maximum absolute atomic E-state index is 8.74. The van der Waals surface area contributed by atoms with Crippen LogP contribution >= 0.6 is 0 Å². The Morgan fingerprint density at radius 3 is 1.60 bits per heavy atom. The van der Waals surface area contributed by atoms with Gasteiger partial charge in [-0.3, -0.25) is 9.11 Å². The molecule has 5 nitrogen and oxygen atoms in total. The Bertz CT molecular complexity index is 143. The summed E-state index contributed by atoms with van der Waals surface area (Å²) in [6.07, 6.45) is 1.65. The van der Waals surface area contributed by atoms with E-state index in [-0.39, 0.29) is 7.43 Å². The first-order chi connectivity index (χ1) is 3.91. The predicted molar refractivity (Wildman–Crippen MR) is 40.2 cm³/mol. The lowest BCUT2D eigenvalue weighted by atomic mass is 10.7. The molecule has 0 aliphatic carbocycles. The Hall–Kier alpha value is -0.430. The fraction of sp³-hybridized carbons (Fsp3) is 0.500. The smallest absolute Gasteiger partial charge is 0.327 e. The van der Waals surface area contributed by atoms with Gasteiger partial charge in [-0.25, -0.2) is 0 Å². The fourth-order valence-electron chi connectivity index (χ4n) is 0. The van der Waals surface area contributed by atoms with E-state index < -0.39 is 10.4 Å². The molecule has 0 unspecified atom stereocenters. The lowest BCUT2D eigenvalue weighted by Gasteiger charge is -1.68. The summed E-state index contributed by atoms with van der Waals surface area (Å²) < 4.78 is 31.6. The molecular formula is C4H13NO4S. The van der Waals surface area contributed by atoms with Gasteiger partial charge in [-0.1, -0.05) is 13.5 Å². The van der Waals surface area contributed by atoms with Gasteiger partial charge in [0.15, 0.2) is 0 Å². The fourth-order valence-corrected chi connectivity index (χ4v) is 0. The summed E-state index contributed by atoms with van der Waals surface area (Å²) >= 11 is 0. The normalized spacial score (nSPS) is 8.30. The van der Waals surface area contributed by atoms with E-state index in [1.807, 2.05) is 0 Å². The molecule has 4 N–H and O–H groups in total. The van der Waals surface area contributed by atoms with Crippen LogP contribution in [-0.4, -0.2) is 24.1 Å². The van der Waals surface area contributed by atoms with Gasteiger partial charge in [-0.05, 0) is 0 Å². The van der Waals surface area contributed by atoms with E-state index in [0.29, 0.717) is 6.54 Å². The summed E-state index contributed by atoms with van der Waals surface area (Å²) in [7, 11) is -4.67. The zero-order chi connectivity index (χ0) is 7.91. The first-order valence-corrected chi connectivity index (χ1v) is 3.32. The largest absolute Gasteiger partial charge is 0.394 e. The zero-order valence-electron chi connectivity index (χ0n) is 4.69. The van der Waals surface area contributed by atoms with Crippen LogP contribution < -0.4 is 5.73 Å². The average Bonchev–Trinajstić information content (AvgIpc) is 1.61. The van der Waals surface area contributed by atoms with Crippen molar-refractivity contribution in [2.45, 2.75) is 7.43 Å². The molecule has 0 bridgehead atoms. The van der Waals surface area contributed by atoms with E-state index in [9.17, 15) is 0 Å². The van der Waals surface area contributed by atoms with E-state index in [1.54, 1.807) is 6.08 Å². The Morgan fingerprint density at radius 1 is 1.50 bits per heavy atom. The van der Waals surface area contributed by atoms with Crippen LogP contribution in [0.4, 0.5) is 0 Å². The SMILES string of the molecule is C.C=CCN.O=S(=O)(O)O. The van der Waals surface area contributed by atoms with Crippen molar-refractivity contribution < 1.29 is 17.5 Å². The van der Waals surface area contributed by atoms with Gasteiger partial charge in [0.2, 0.25) is 0 Å². The second-order valence-corrected chi connectivity index (χ2v) is 1.87. The molecule has 0 aromatic carbocycles. The standard InChI is InChI=1S/C3H7N.CH4.H2O4S/c1-2-3-4;;1-5(2,3)4/h2H,1,3-4H2;1H4;(H2,1,2,3,4). The summed E-state index contributed by atoms with van der Waals surface area (Å²) in [5, 5.41) is 0. The van der Waals surface area contributed by atoms with Crippen molar-refractivity contribution in [1.29, 1.82) is 0 Å². The first-order valence-electron chi connectivity index (χ1n) is 1.92. The van der Waals surface area contributed by atoms with Crippen molar-refractivity contribution >= 4 is 10.4 Å². The minimum Gasteiger partial charge on any atom is -0.327 e. The molecule has 0 aromatic heterocycles. The molecule has 0 aromatic rings. The van der Waals surface area contributed by atoms with Gasteiger partial charge >= 0.3 is 10.4 Å². The van der Waals surface area contributed by atoms with Gasteiger partial charge in [0, 0.05) is 6.54 Å². The Kier molecular flexibility index (Phi) is 14.0. The lowest BCUT2D eigenvalue weighted by Crippen LogP contribution is -1.90. The highest BCUT2D eigenvalue weighted by Crippen LogP contribution is 1.59. The average molecular weight is 171 g/mol. The van der Waals surface area contributed by atoms with Gasteiger partial charge < -0.3 is 5.73 Å². The molecule has 0 saturated carbocycles. The van der Waals surface area contributed by atoms with E-state index in [4.69, 9.17) is 23.3 Å². The molecule has 10 heavy (non-hydrogen) atoms. The number of hydrogen-bond donors (Lipinski definition) is 3. The van der Waals surface area contributed by atoms with Crippen molar-refractivity contribution in [3.05, 3.63) is 12.7 Å².